The van der Waals surface area contributed by atoms with E-state index in [1.54, 1.807) is 18.4 Å². The lowest BCUT2D eigenvalue weighted by Crippen LogP contribution is -2.42. The molecule has 0 aromatic carbocycles. The highest BCUT2D eigenvalue weighted by atomic mass is 127. The fourth-order valence-corrected chi connectivity index (χ4v) is 4.01. The second-order valence-electron chi connectivity index (χ2n) is 6.96. The monoisotopic (exact) mass is 518 g/mol. The molecule has 0 spiro atoms. The topological polar surface area (TPSA) is 39.7 Å². The second kappa shape index (κ2) is 12.1. The molecule has 1 aromatic rings. The van der Waals surface area contributed by atoms with Crippen molar-refractivity contribution in [1.82, 2.24) is 15.5 Å². The van der Waals surface area contributed by atoms with E-state index in [0.29, 0.717) is 24.9 Å². The molecule has 156 valence electrons. The molecule has 2 N–H and O–H groups in total. The minimum Gasteiger partial charge on any atom is -0.356 e. The number of halogens is 4. The van der Waals surface area contributed by atoms with E-state index in [9.17, 15) is 13.2 Å². The Labute approximate surface area is 181 Å². The van der Waals surface area contributed by atoms with Crippen molar-refractivity contribution in [2.75, 3.05) is 39.8 Å². The number of thiophene rings is 1. The highest BCUT2D eigenvalue weighted by Gasteiger charge is 2.32. The zero-order valence-electron chi connectivity index (χ0n) is 15.9. The maximum atomic E-state index is 12.4. The average molecular weight is 518 g/mol. The summed E-state index contributed by atoms with van der Waals surface area (Å²) in [4.78, 5) is 5.75. The van der Waals surface area contributed by atoms with Crippen LogP contribution in [-0.2, 0) is 0 Å². The van der Waals surface area contributed by atoms with Crippen LogP contribution in [0.15, 0.2) is 21.8 Å². The predicted octanol–water partition coefficient (Wildman–Crippen LogP) is 4.30. The van der Waals surface area contributed by atoms with E-state index < -0.39 is 12.7 Å². The van der Waals surface area contributed by atoms with Gasteiger partial charge in [0.15, 0.2) is 5.96 Å². The minimum atomic E-state index is -4.09. The number of alkyl halides is 3. The first-order chi connectivity index (χ1) is 12.4. The lowest BCUT2D eigenvalue weighted by atomic mass is 9.93. The molecule has 0 radical (unpaired) electrons. The molecular weight excluding hydrogens is 488 g/mol. The van der Waals surface area contributed by atoms with Gasteiger partial charge in [0.05, 0.1) is 6.54 Å². The van der Waals surface area contributed by atoms with Crippen LogP contribution in [0.3, 0.4) is 0 Å². The van der Waals surface area contributed by atoms with Crippen LogP contribution < -0.4 is 10.6 Å². The zero-order valence-corrected chi connectivity index (χ0v) is 19.0. The summed E-state index contributed by atoms with van der Waals surface area (Å²) in [5.41, 5.74) is 1.32. The Hall–Kier alpha value is -0.550. The first kappa shape index (κ1) is 24.5. The van der Waals surface area contributed by atoms with Gasteiger partial charge in [-0.1, -0.05) is 6.92 Å². The van der Waals surface area contributed by atoms with Gasteiger partial charge >= 0.3 is 6.18 Å². The van der Waals surface area contributed by atoms with Gasteiger partial charge < -0.3 is 10.6 Å². The van der Waals surface area contributed by atoms with Gasteiger partial charge in [-0.25, -0.2) is 0 Å². The maximum absolute atomic E-state index is 12.4. The van der Waals surface area contributed by atoms with Crippen molar-refractivity contribution in [3.05, 3.63) is 22.4 Å². The predicted molar refractivity (Wildman–Crippen MR) is 117 cm³/mol. The van der Waals surface area contributed by atoms with Gasteiger partial charge in [0, 0.05) is 20.1 Å². The molecule has 2 heterocycles. The Kier molecular flexibility index (Phi) is 11.0. The van der Waals surface area contributed by atoms with Crippen LogP contribution in [-0.4, -0.2) is 56.8 Å². The Morgan fingerprint density at radius 2 is 2.04 bits per heavy atom. The van der Waals surface area contributed by atoms with Gasteiger partial charge in [-0.3, -0.25) is 9.89 Å². The van der Waals surface area contributed by atoms with Crippen molar-refractivity contribution in [3.63, 3.8) is 0 Å². The van der Waals surface area contributed by atoms with Crippen LogP contribution >= 0.6 is 35.3 Å². The van der Waals surface area contributed by atoms with E-state index in [2.05, 4.69) is 39.4 Å². The third-order valence-corrected chi connectivity index (χ3v) is 5.57. The quantitative estimate of drug-likeness (QED) is 0.322. The van der Waals surface area contributed by atoms with Crippen LogP contribution in [0.2, 0.25) is 0 Å². The van der Waals surface area contributed by atoms with Crippen LogP contribution in [0.25, 0.3) is 0 Å². The molecule has 1 saturated heterocycles. The number of nitrogens with one attached hydrogen (secondary N) is 2. The number of aliphatic imine (C=N–C) groups is 1. The number of piperidine rings is 1. The smallest absolute Gasteiger partial charge is 0.356 e. The number of guanidine groups is 1. The lowest BCUT2D eigenvalue weighted by Gasteiger charge is -2.32. The molecule has 1 atom stereocenters. The van der Waals surface area contributed by atoms with Gasteiger partial charge in [0.1, 0.15) is 0 Å². The van der Waals surface area contributed by atoms with Gasteiger partial charge in [0.25, 0.3) is 0 Å². The standard InChI is InChI=1S/C18H29F3N4S.HI/c1-14(16-6-10-26-12-16)11-24-17(22-2)23-7-3-15-4-8-25(9-5-15)13-18(19,20)21;/h6,10,12,14-15H,3-5,7-9,11,13H2,1-2H3,(H2,22,23,24);1H. The molecule has 1 aromatic heterocycles. The molecule has 1 fully saturated rings. The molecule has 0 saturated carbocycles. The Bertz CT molecular complexity index is 543. The lowest BCUT2D eigenvalue weighted by molar-refractivity contribution is -0.148. The maximum Gasteiger partial charge on any atom is 0.401 e. The molecule has 4 nitrogen and oxygen atoms in total. The number of likely N-dealkylation sites (tertiary alicyclic amines) is 1. The molecule has 0 aliphatic carbocycles. The summed E-state index contributed by atoms with van der Waals surface area (Å²) >= 11 is 1.70. The molecule has 1 aliphatic rings. The number of hydrogen-bond acceptors (Lipinski definition) is 3. The Balaban J connectivity index is 0.00000364. The SMILES string of the molecule is CN=C(NCCC1CCN(CC(F)(F)F)CC1)NCC(C)c1ccsc1.I. The van der Waals surface area contributed by atoms with Crippen molar-refractivity contribution < 1.29 is 13.2 Å². The van der Waals surface area contributed by atoms with E-state index in [4.69, 9.17) is 0 Å². The number of rotatable bonds is 7. The van der Waals surface area contributed by atoms with Crippen molar-refractivity contribution in [1.29, 1.82) is 0 Å². The molecule has 1 unspecified atom stereocenters. The average Bonchev–Trinajstić information content (AvgIpc) is 3.12. The third-order valence-electron chi connectivity index (χ3n) is 4.87. The Morgan fingerprint density at radius 1 is 1.33 bits per heavy atom. The molecule has 0 bridgehead atoms. The number of nitrogens with zero attached hydrogens (tertiary/aromatic N) is 2. The van der Waals surface area contributed by atoms with Crippen molar-refractivity contribution in [3.8, 4) is 0 Å². The van der Waals surface area contributed by atoms with Crippen molar-refractivity contribution >= 4 is 41.3 Å². The van der Waals surface area contributed by atoms with Crippen LogP contribution in [0, 0.1) is 5.92 Å². The van der Waals surface area contributed by atoms with Crippen LogP contribution in [0.5, 0.6) is 0 Å². The van der Waals surface area contributed by atoms with E-state index in [1.165, 1.54) is 10.5 Å². The van der Waals surface area contributed by atoms with E-state index in [0.717, 1.165) is 38.3 Å². The fourth-order valence-electron chi connectivity index (χ4n) is 3.23. The summed E-state index contributed by atoms with van der Waals surface area (Å²) in [7, 11) is 1.75. The van der Waals surface area contributed by atoms with Gasteiger partial charge in [-0.15, -0.1) is 24.0 Å². The fraction of sp³-hybridized carbons (Fsp3) is 0.722. The third kappa shape index (κ3) is 9.47. The Morgan fingerprint density at radius 3 is 2.59 bits per heavy atom. The molecule has 0 amide bonds. The van der Waals surface area contributed by atoms with E-state index >= 15 is 0 Å². The van der Waals surface area contributed by atoms with Gasteiger partial charge in [-0.05, 0) is 66.6 Å². The van der Waals surface area contributed by atoms with Crippen molar-refractivity contribution in [2.45, 2.75) is 38.3 Å². The summed E-state index contributed by atoms with van der Waals surface area (Å²) in [6.07, 6.45) is -1.47. The molecule has 1 aliphatic heterocycles. The normalized spacial score (nSPS) is 18.0. The summed E-state index contributed by atoms with van der Waals surface area (Å²) in [6, 6.07) is 2.14. The largest absolute Gasteiger partial charge is 0.401 e. The second-order valence-corrected chi connectivity index (χ2v) is 7.74. The molecule has 9 heteroatoms. The number of hydrogen-bond donors (Lipinski definition) is 2. The first-order valence-corrected chi connectivity index (χ1v) is 10.1. The van der Waals surface area contributed by atoms with E-state index in [-0.39, 0.29) is 24.0 Å². The van der Waals surface area contributed by atoms with Crippen LogP contribution in [0.1, 0.15) is 37.7 Å². The highest BCUT2D eigenvalue weighted by molar-refractivity contribution is 14.0. The molecule has 27 heavy (non-hydrogen) atoms. The van der Waals surface area contributed by atoms with E-state index in [1.807, 2.05) is 0 Å². The summed E-state index contributed by atoms with van der Waals surface area (Å²) in [5, 5.41) is 10.9. The highest BCUT2D eigenvalue weighted by Crippen LogP contribution is 2.24. The minimum absolute atomic E-state index is 0. The zero-order chi connectivity index (χ0) is 19.0. The van der Waals surface area contributed by atoms with Crippen molar-refractivity contribution in [2.24, 2.45) is 10.9 Å². The molecular formula is C18H30F3IN4S. The van der Waals surface area contributed by atoms with Crippen LogP contribution in [0.4, 0.5) is 13.2 Å². The summed E-state index contributed by atoms with van der Waals surface area (Å²) < 4.78 is 37.2. The molecule has 2 rings (SSSR count). The van der Waals surface area contributed by atoms with Gasteiger partial charge in [0.2, 0.25) is 0 Å². The summed E-state index contributed by atoms with van der Waals surface area (Å²) in [6.45, 7) is 4.07. The van der Waals surface area contributed by atoms with Gasteiger partial charge in [-0.2, -0.15) is 24.5 Å². The summed E-state index contributed by atoms with van der Waals surface area (Å²) in [5.74, 6) is 1.68. The first-order valence-electron chi connectivity index (χ1n) is 9.13.